The number of hydrogen-bond acceptors (Lipinski definition) is 4. The van der Waals surface area contributed by atoms with Gasteiger partial charge >= 0.3 is 5.97 Å². The van der Waals surface area contributed by atoms with Crippen LogP contribution >= 0.6 is 11.3 Å². The molecule has 0 spiro atoms. The van der Waals surface area contributed by atoms with Crippen molar-refractivity contribution in [1.29, 1.82) is 0 Å². The molecule has 1 atom stereocenters. The number of rotatable bonds is 3. The molecule has 0 aliphatic rings. The van der Waals surface area contributed by atoms with Crippen LogP contribution in [0, 0.1) is 0 Å². The molecule has 0 unspecified atom stereocenters. The van der Waals surface area contributed by atoms with E-state index in [0.717, 1.165) is 15.0 Å². The SMILES string of the molecule is C[C@H](C(=O)O)n1cnc2sc(-c3ccccc3)cc2c1=O. The van der Waals surface area contributed by atoms with Gasteiger partial charge in [-0.25, -0.2) is 9.78 Å². The third-order valence-electron chi connectivity index (χ3n) is 3.31. The summed E-state index contributed by atoms with van der Waals surface area (Å²) >= 11 is 1.42. The van der Waals surface area contributed by atoms with Crippen LogP contribution < -0.4 is 5.56 Å². The highest BCUT2D eigenvalue weighted by molar-refractivity contribution is 7.21. The van der Waals surface area contributed by atoms with Gasteiger partial charge in [0.15, 0.2) is 0 Å². The Morgan fingerprint density at radius 1 is 1.33 bits per heavy atom. The molecule has 21 heavy (non-hydrogen) atoms. The molecule has 0 bridgehead atoms. The van der Waals surface area contributed by atoms with Crippen molar-refractivity contribution < 1.29 is 9.90 Å². The Balaban J connectivity index is 2.17. The topological polar surface area (TPSA) is 72.2 Å². The number of fused-ring (bicyclic) bond motifs is 1. The van der Waals surface area contributed by atoms with Crippen molar-refractivity contribution in [3.63, 3.8) is 0 Å². The lowest BCUT2D eigenvalue weighted by molar-refractivity contribution is -0.140. The van der Waals surface area contributed by atoms with Crippen molar-refractivity contribution in [1.82, 2.24) is 9.55 Å². The summed E-state index contributed by atoms with van der Waals surface area (Å²) < 4.78 is 1.14. The summed E-state index contributed by atoms with van der Waals surface area (Å²) in [5, 5.41) is 9.48. The van der Waals surface area contributed by atoms with Crippen LogP contribution in [-0.4, -0.2) is 20.6 Å². The molecule has 0 aliphatic heterocycles. The summed E-state index contributed by atoms with van der Waals surface area (Å²) in [6.45, 7) is 1.46. The number of aromatic nitrogens is 2. The Morgan fingerprint density at radius 2 is 2.05 bits per heavy atom. The number of aliphatic carboxylic acids is 1. The predicted octanol–water partition coefficient (Wildman–Crippen LogP) is 2.77. The van der Waals surface area contributed by atoms with E-state index < -0.39 is 12.0 Å². The molecule has 2 aromatic heterocycles. The maximum atomic E-state index is 12.4. The first kappa shape index (κ1) is 13.5. The highest BCUT2D eigenvalue weighted by atomic mass is 32.1. The van der Waals surface area contributed by atoms with Crippen molar-refractivity contribution in [2.75, 3.05) is 0 Å². The summed E-state index contributed by atoms with van der Waals surface area (Å²) in [4.78, 5) is 29.2. The number of carboxylic acid groups (broad SMARTS) is 1. The van der Waals surface area contributed by atoms with E-state index in [1.807, 2.05) is 30.3 Å². The molecule has 0 radical (unpaired) electrons. The minimum absolute atomic E-state index is 0.326. The van der Waals surface area contributed by atoms with E-state index in [-0.39, 0.29) is 5.56 Å². The number of carboxylic acids is 1. The average Bonchev–Trinajstić information content (AvgIpc) is 2.93. The molecule has 0 saturated heterocycles. The number of benzene rings is 1. The first-order chi connectivity index (χ1) is 10.1. The van der Waals surface area contributed by atoms with Gasteiger partial charge in [0.25, 0.3) is 5.56 Å². The number of carbonyl (C=O) groups is 1. The summed E-state index contributed by atoms with van der Waals surface area (Å²) in [6.07, 6.45) is 1.30. The van der Waals surface area contributed by atoms with Crippen LogP contribution in [0.25, 0.3) is 20.7 Å². The smallest absolute Gasteiger partial charge is 0.326 e. The fourth-order valence-electron chi connectivity index (χ4n) is 2.08. The average molecular weight is 300 g/mol. The van der Waals surface area contributed by atoms with E-state index >= 15 is 0 Å². The van der Waals surface area contributed by atoms with Gasteiger partial charge in [-0.15, -0.1) is 11.3 Å². The monoisotopic (exact) mass is 300 g/mol. The molecule has 5 nitrogen and oxygen atoms in total. The third-order valence-corrected chi connectivity index (χ3v) is 4.40. The van der Waals surface area contributed by atoms with Gasteiger partial charge in [-0.05, 0) is 18.6 Å². The Kier molecular flexibility index (Phi) is 3.31. The number of nitrogens with zero attached hydrogens (tertiary/aromatic N) is 2. The Hall–Kier alpha value is -2.47. The number of thiophene rings is 1. The third kappa shape index (κ3) is 2.34. The molecule has 2 heterocycles. The molecule has 0 aliphatic carbocycles. The van der Waals surface area contributed by atoms with E-state index in [0.29, 0.717) is 10.2 Å². The van der Waals surface area contributed by atoms with Gasteiger partial charge in [0.1, 0.15) is 10.9 Å². The first-order valence-electron chi connectivity index (χ1n) is 6.37. The van der Waals surface area contributed by atoms with E-state index in [1.165, 1.54) is 24.6 Å². The lowest BCUT2D eigenvalue weighted by Gasteiger charge is -2.08. The van der Waals surface area contributed by atoms with E-state index in [2.05, 4.69) is 4.98 Å². The minimum Gasteiger partial charge on any atom is -0.480 e. The summed E-state index contributed by atoms with van der Waals surface area (Å²) in [7, 11) is 0. The summed E-state index contributed by atoms with van der Waals surface area (Å²) in [5.41, 5.74) is 0.686. The molecular formula is C15H12N2O3S. The van der Waals surface area contributed by atoms with Gasteiger partial charge in [0, 0.05) is 4.88 Å². The van der Waals surface area contributed by atoms with Crippen molar-refractivity contribution in [2.45, 2.75) is 13.0 Å². The van der Waals surface area contributed by atoms with Gasteiger partial charge in [0.05, 0.1) is 11.7 Å². The van der Waals surface area contributed by atoms with E-state index in [9.17, 15) is 9.59 Å². The van der Waals surface area contributed by atoms with E-state index in [4.69, 9.17) is 5.11 Å². The Labute approximate surface area is 124 Å². The molecular weight excluding hydrogens is 288 g/mol. The molecule has 0 saturated carbocycles. The van der Waals surface area contributed by atoms with Crippen LogP contribution in [0.1, 0.15) is 13.0 Å². The second kappa shape index (κ2) is 5.14. The van der Waals surface area contributed by atoms with Crippen molar-refractivity contribution in [3.05, 3.63) is 53.1 Å². The van der Waals surface area contributed by atoms with Gasteiger partial charge in [0.2, 0.25) is 0 Å². The fraction of sp³-hybridized carbons (Fsp3) is 0.133. The van der Waals surface area contributed by atoms with Crippen LogP contribution in [-0.2, 0) is 4.79 Å². The van der Waals surface area contributed by atoms with Crippen molar-refractivity contribution >= 4 is 27.5 Å². The second-order valence-corrected chi connectivity index (χ2v) is 5.70. The summed E-state index contributed by atoms with van der Waals surface area (Å²) in [6, 6.07) is 10.5. The van der Waals surface area contributed by atoms with Crippen LogP contribution in [0.3, 0.4) is 0 Å². The lowest BCUT2D eigenvalue weighted by Crippen LogP contribution is -2.27. The van der Waals surface area contributed by atoms with Gasteiger partial charge in [-0.1, -0.05) is 30.3 Å². The predicted molar refractivity (Wildman–Crippen MR) is 81.7 cm³/mol. The van der Waals surface area contributed by atoms with Crippen LogP contribution in [0.4, 0.5) is 0 Å². The summed E-state index contributed by atoms with van der Waals surface area (Å²) in [5.74, 6) is -1.06. The largest absolute Gasteiger partial charge is 0.480 e. The van der Waals surface area contributed by atoms with Gasteiger partial charge < -0.3 is 5.11 Å². The van der Waals surface area contributed by atoms with Crippen LogP contribution in [0.15, 0.2) is 47.5 Å². The van der Waals surface area contributed by atoms with Crippen LogP contribution in [0.2, 0.25) is 0 Å². The molecule has 0 amide bonds. The lowest BCUT2D eigenvalue weighted by atomic mass is 10.2. The standard InChI is InChI=1S/C15H12N2O3S/c1-9(15(19)20)17-8-16-13-11(14(17)18)7-12(21-13)10-5-3-2-4-6-10/h2-9H,1H3,(H,19,20)/t9-/m1/s1. The molecule has 1 aromatic carbocycles. The fourth-order valence-corrected chi connectivity index (χ4v) is 3.07. The molecule has 3 aromatic rings. The normalized spacial score (nSPS) is 12.4. The highest BCUT2D eigenvalue weighted by Gasteiger charge is 2.17. The Morgan fingerprint density at radius 3 is 2.71 bits per heavy atom. The molecule has 106 valence electrons. The first-order valence-corrected chi connectivity index (χ1v) is 7.18. The molecule has 3 rings (SSSR count). The van der Waals surface area contributed by atoms with Crippen molar-refractivity contribution in [2.24, 2.45) is 0 Å². The van der Waals surface area contributed by atoms with Gasteiger partial charge in [-0.3, -0.25) is 9.36 Å². The molecule has 6 heteroatoms. The zero-order chi connectivity index (χ0) is 15.0. The number of hydrogen-bond donors (Lipinski definition) is 1. The Bertz CT molecular complexity index is 868. The molecule has 0 fully saturated rings. The van der Waals surface area contributed by atoms with Crippen molar-refractivity contribution in [3.8, 4) is 10.4 Å². The quantitative estimate of drug-likeness (QED) is 0.807. The molecule has 1 N–H and O–H groups in total. The zero-order valence-corrected chi connectivity index (χ0v) is 12.0. The zero-order valence-electron chi connectivity index (χ0n) is 11.2. The van der Waals surface area contributed by atoms with E-state index in [1.54, 1.807) is 6.07 Å². The highest BCUT2D eigenvalue weighted by Crippen LogP contribution is 2.30. The van der Waals surface area contributed by atoms with Crippen LogP contribution in [0.5, 0.6) is 0 Å². The van der Waals surface area contributed by atoms with Gasteiger partial charge in [-0.2, -0.15) is 0 Å². The maximum Gasteiger partial charge on any atom is 0.326 e. The maximum absolute atomic E-state index is 12.4. The minimum atomic E-state index is -1.06. The second-order valence-electron chi connectivity index (χ2n) is 4.67.